The molecule has 131 heavy (non-hydrogen) atoms. The van der Waals surface area contributed by atoms with Crippen LogP contribution in [-0.2, 0) is 167 Å². The summed E-state index contributed by atoms with van der Waals surface area (Å²) in [7, 11) is -26.6. The monoisotopic (exact) mass is 2010 g/mol. The summed E-state index contributed by atoms with van der Waals surface area (Å²) in [6.45, 7) is 21.1. The van der Waals surface area contributed by atoms with Gasteiger partial charge >= 0.3 is 64.6 Å². The third-order valence-corrected chi connectivity index (χ3v) is 28.4. The van der Waals surface area contributed by atoms with Crippen molar-refractivity contribution in [1.82, 2.24) is 5.32 Å². The Morgan fingerprint density at radius 1 is 0.359 bits per heavy atom. The molecule has 3 aliphatic heterocycles. The van der Waals surface area contributed by atoms with E-state index in [-0.39, 0.29) is 274 Å². The fourth-order valence-electron chi connectivity index (χ4n) is 13.8. The summed E-state index contributed by atoms with van der Waals surface area (Å²) in [5.74, 6) is -1.24. The largest absolute Gasteiger partial charge is 0.474 e. The lowest BCUT2D eigenvalue weighted by molar-refractivity contribution is -0.255. The molecule has 0 spiro atoms. The van der Waals surface area contributed by atoms with Crippen LogP contribution >= 0.6 is 46.7 Å². The average molecular weight is 2010 g/mol. The first-order valence-corrected chi connectivity index (χ1v) is 55.1. The molecule has 0 radical (unpaired) electrons. The Bertz CT molecular complexity index is 3360. The number of carbonyl (C=O) groups is 4. The maximum Gasteiger partial charge on any atom is 0.474 e. The quantitative estimate of drug-likeness (QED) is 0.0142. The number of esters is 3. The van der Waals surface area contributed by atoms with Crippen LogP contribution in [0.2, 0.25) is 0 Å². The second kappa shape index (κ2) is 67.9. The van der Waals surface area contributed by atoms with Crippen molar-refractivity contribution in [2.45, 2.75) is 249 Å². The molecule has 3 heterocycles. The minimum Gasteiger partial charge on any atom is -0.463 e. The van der Waals surface area contributed by atoms with E-state index in [1.54, 1.807) is 6.92 Å². The molecule has 6 N–H and O–H groups in total. The SMILES string of the molecule is CCOP(=O)(OCCC#N)OCC(COCCCOP(C)(=O)O)COCCCOP(=O)(O)OCC(COCCCOP(=O)(O)OCCCCCCO[C@@H]1OC(COC(C)=O)[C@H](C)[C@H](C)C1C)(COCCCOP(=O)(O)OCCCCCCO[C@@H]1OC(COC(C)=O)[C@H](C)[C@H](C)C1C)COCCCOP(=O)(O)OCCCCCCO[C@@H]1OC(COC(C)=O)[C@H](C)[C@H](C)C1NC(C)=O. The Hall–Kier alpha value is -2.37. The lowest BCUT2D eigenvalue weighted by Gasteiger charge is -2.44. The van der Waals surface area contributed by atoms with Crippen molar-refractivity contribution in [3.63, 3.8) is 0 Å². The number of nitrogens with zero attached hydrogens (tertiary/aromatic N) is 1. The van der Waals surface area contributed by atoms with E-state index >= 15 is 0 Å². The summed E-state index contributed by atoms with van der Waals surface area (Å²) in [5.41, 5.74) is -1.52. The van der Waals surface area contributed by atoms with E-state index in [4.69, 9.17) is 126 Å². The van der Waals surface area contributed by atoms with Crippen molar-refractivity contribution >= 4 is 70.5 Å². The average Bonchev–Trinajstić information content (AvgIpc) is 0.789. The van der Waals surface area contributed by atoms with Crippen LogP contribution in [0.5, 0.6) is 0 Å². The van der Waals surface area contributed by atoms with Gasteiger partial charge in [0.05, 0.1) is 155 Å². The van der Waals surface area contributed by atoms with E-state index in [9.17, 15) is 71.0 Å². The zero-order chi connectivity index (χ0) is 97.4. The number of unbranched alkanes of at least 4 members (excludes halogenated alkanes) is 9. The number of hydrogen-bond acceptors (Lipinski definition) is 37. The van der Waals surface area contributed by atoms with Crippen molar-refractivity contribution in [2.75, 3.05) is 192 Å². The van der Waals surface area contributed by atoms with Gasteiger partial charge in [-0.3, -0.25) is 73.5 Å². The molecule has 0 aromatic carbocycles. The lowest BCUT2D eigenvalue weighted by atomic mass is 9.79. The molecule has 0 saturated carbocycles. The summed E-state index contributed by atoms with van der Waals surface area (Å²) >= 11 is 0. The fourth-order valence-corrected chi connectivity index (χ4v) is 18.7. The van der Waals surface area contributed by atoms with E-state index in [2.05, 4.69) is 46.9 Å². The number of hydrogen-bond donors (Lipinski definition) is 6. The first-order valence-electron chi connectivity index (χ1n) is 45.7. The molecule has 43 nitrogen and oxygen atoms in total. The zero-order valence-corrected chi connectivity index (χ0v) is 84.7. The first-order chi connectivity index (χ1) is 62.0. The third kappa shape index (κ3) is 56.6. The third-order valence-electron chi connectivity index (χ3n) is 22.2. The highest BCUT2D eigenvalue weighted by atomic mass is 31.2. The number of rotatable bonds is 80. The minimum absolute atomic E-state index is 0.00274. The molecule has 22 atom stereocenters. The highest BCUT2D eigenvalue weighted by Gasteiger charge is 2.45. The van der Waals surface area contributed by atoms with Crippen LogP contribution < -0.4 is 5.32 Å². The van der Waals surface area contributed by atoms with Crippen LogP contribution in [-0.4, -0.2) is 283 Å². The number of carbonyl (C=O) groups excluding carboxylic acids is 4. The summed E-state index contributed by atoms with van der Waals surface area (Å²) in [6, 6.07) is 1.43. The summed E-state index contributed by atoms with van der Waals surface area (Å²) in [5, 5.41) is 11.9. The normalized spacial score (nSPS) is 25.9. The van der Waals surface area contributed by atoms with Gasteiger partial charge in [-0.05, 0) is 113 Å². The van der Waals surface area contributed by atoms with Crippen molar-refractivity contribution in [3.8, 4) is 6.07 Å². The number of phosphoric acid groups is 5. The molecule has 770 valence electrons. The summed E-state index contributed by atoms with van der Waals surface area (Å²) < 4.78 is 224. The van der Waals surface area contributed by atoms with Crippen molar-refractivity contribution < 1.29 is 192 Å². The van der Waals surface area contributed by atoms with E-state index in [1.807, 2.05) is 19.9 Å². The molecule has 49 heteroatoms. The Balaban J connectivity index is 1.73. The van der Waals surface area contributed by atoms with E-state index in [0.717, 1.165) is 19.5 Å². The Kier molecular flexibility index (Phi) is 63.6. The molecule has 3 rings (SSSR count). The van der Waals surface area contributed by atoms with Gasteiger partial charge in [0, 0.05) is 105 Å². The molecule has 0 aromatic rings. The minimum atomic E-state index is -5.00. The van der Waals surface area contributed by atoms with Gasteiger partial charge in [0.15, 0.2) is 18.9 Å². The van der Waals surface area contributed by atoms with Crippen LogP contribution in [0.15, 0.2) is 0 Å². The lowest BCUT2D eigenvalue weighted by Crippen LogP contribution is -2.58. The molecule has 0 aromatic heterocycles. The fraction of sp³-hybridized carbons (Fsp3) is 0.939. The van der Waals surface area contributed by atoms with Crippen LogP contribution in [0.1, 0.15) is 206 Å². The predicted octanol–water partition coefficient (Wildman–Crippen LogP) is 13.3. The van der Waals surface area contributed by atoms with E-state index < -0.39 is 108 Å². The Morgan fingerprint density at radius 3 is 1.02 bits per heavy atom. The van der Waals surface area contributed by atoms with Crippen LogP contribution in [0.4, 0.5) is 0 Å². The van der Waals surface area contributed by atoms with Gasteiger partial charge in [-0.25, -0.2) is 22.8 Å². The van der Waals surface area contributed by atoms with E-state index in [1.165, 1.54) is 27.7 Å². The molecular weight excluding hydrogens is 1850 g/mol. The van der Waals surface area contributed by atoms with Crippen LogP contribution in [0.25, 0.3) is 0 Å². The highest BCUT2D eigenvalue weighted by Crippen LogP contribution is 2.51. The van der Waals surface area contributed by atoms with Crippen LogP contribution in [0.3, 0.4) is 0 Å². The molecule has 13 unspecified atom stereocenters. The van der Waals surface area contributed by atoms with Crippen molar-refractivity contribution in [3.05, 3.63) is 0 Å². The van der Waals surface area contributed by atoms with E-state index in [0.29, 0.717) is 77.4 Å². The molecule has 3 aliphatic rings. The molecule has 3 saturated heterocycles. The van der Waals surface area contributed by atoms with Crippen molar-refractivity contribution in [2.24, 2.45) is 58.7 Å². The second-order valence-corrected chi connectivity index (χ2v) is 42.8. The Labute approximate surface area is 774 Å². The molecule has 3 fully saturated rings. The summed E-state index contributed by atoms with van der Waals surface area (Å²) in [4.78, 5) is 99.3. The summed E-state index contributed by atoms with van der Waals surface area (Å²) in [6.07, 6.45) is 4.49. The standard InChI is InChI=1S/C82H156N2O41P6/c1-15-111-131(99,120-46-28-34-83)121-54-74(52-100-35-29-47-112-126(14,89)90)53-101-36-30-48-119-130(97,98)122-61-82(58-102-37-31-49-116-127(91,92)113-43-25-19-16-22-40-105-79-68(8)62(2)64(4)75(123-79)55-108-71(11)86,59-103-38-32-50-117-128(93,94)114-44-26-20-17-23-41-106-80-69(9)63(3)65(5)76(124-80)56-109-72(12)87)60-104-39-33-51-118-129(95,96)115-45-27-21-18-24-42-107-81-78(84-70(10)85)67(7)66(6)77(125-81)57-110-73(13)88/h62-69,74-81H,15-33,35-61H2,1-14H3,(H,84,85)(H,89,90)(H,91,92)(H,93,94)(H,95,96)(H,97,98)/t62-,63-,64+,65+,66+,67-,68?,69?,74?,75?,76?,77?,78?,79+,80+,81+,82?,131?/m0/s1. The van der Waals surface area contributed by atoms with Gasteiger partial charge in [-0.2, -0.15) is 5.26 Å². The number of nitriles is 1. The smallest absolute Gasteiger partial charge is 0.463 e. The first kappa shape index (κ1) is 123. The Morgan fingerprint density at radius 2 is 0.679 bits per heavy atom. The topological polar surface area (TPSA) is 548 Å². The second-order valence-electron chi connectivity index (χ2n) is 33.5. The molecule has 0 aliphatic carbocycles. The van der Waals surface area contributed by atoms with Crippen LogP contribution in [0, 0.1) is 70.0 Å². The highest BCUT2D eigenvalue weighted by molar-refractivity contribution is 7.52. The van der Waals surface area contributed by atoms with Crippen molar-refractivity contribution in [1.29, 1.82) is 5.26 Å². The number of ether oxygens (including phenoxy) is 14. The maximum atomic E-state index is 13.9. The number of amides is 1. The molecular formula is C82H156N2O41P6. The van der Waals surface area contributed by atoms with Gasteiger partial charge < -0.3 is 101 Å². The maximum absolute atomic E-state index is 13.9. The van der Waals surface area contributed by atoms with Gasteiger partial charge in [-0.1, -0.05) is 93.9 Å². The van der Waals surface area contributed by atoms with Gasteiger partial charge in [0.2, 0.25) is 5.91 Å². The van der Waals surface area contributed by atoms with Gasteiger partial charge in [0.1, 0.15) is 19.8 Å². The number of phosphoric ester groups is 5. The van der Waals surface area contributed by atoms with Gasteiger partial charge in [0.25, 0.3) is 0 Å². The molecule has 1 amide bonds. The predicted molar refractivity (Wildman–Crippen MR) is 473 cm³/mol. The zero-order valence-electron chi connectivity index (χ0n) is 79.3. The number of nitrogens with one attached hydrogen (secondary N) is 1. The van der Waals surface area contributed by atoms with Gasteiger partial charge in [-0.15, -0.1) is 0 Å². The molecule has 0 bridgehead atoms.